The van der Waals surface area contributed by atoms with Crippen LogP contribution in [0.2, 0.25) is 0 Å². The minimum atomic E-state index is -0.371. The van der Waals surface area contributed by atoms with Gasteiger partial charge in [0.25, 0.3) is 0 Å². The maximum atomic E-state index is 11.3. The third-order valence-corrected chi connectivity index (χ3v) is 2.65. The van der Waals surface area contributed by atoms with Crippen molar-refractivity contribution >= 4 is 12.1 Å². The minimum absolute atomic E-state index is 0.0265. The second kappa shape index (κ2) is 4.19. The molecule has 1 aliphatic rings. The molecule has 0 radical (unpaired) electrons. The van der Waals surface area contributed by atoms with Crippen molar-refractivity contribution in [2.45, 2.75) is 26.3 Å². The Kier molecular flexibility index (Phi) is 3.39. The van der Waals surface area contributed by atoms with Crippen LogP contribution >= 0.6 is 0 Å². The number of aliphatic hydroxyl groups excluding tert-OH is 1. The van der Waals surface area contributed by atoms with E-state index >= 15 is 0 Å². The smallest absolute Gasteiger partial charge is 0.212 e. The van der Waals surface area contributed by atoms with Gasteiger partial charge in [0.05, 0.1) is 12.6 Å². The van der Waals surface area contributed by atoms with Gasteiger partial charge in [-0.1, -0.05) is 13.8 Å². The molecule has 0 bridgehead atoms. The summed E-state index contributed by atoms with van der Waals surface area (Å²) in [5.41, 5.74) is 0.0541. The summed E-state index contributed by atoms with van der Waals surface area (Å²) in [6, 6.07) is -0.324. The topological polar surface area (TPSA) is 57.6 Å². The van der Waals surface area contributed by atoms with E-state index in [2.05, 4.69) is 13.8 Å². The fourth-order valence-corrected chi connectivity index (χ4v) is 2.10. The van der Waals surface area contributed by atoms with Gasteiger partial charge in [-0.05, 0) is 11.8 Å². The maximum Gasteiger partial charge on any atom is 0.212 e. The van der Waals surface area contributed by atoms with Crippen LogP contribution in [0.15, 0.2) is 0 Å². The molecule has 1 N–H and O–H groups in total. The molecule has 4 heteroatoms. The minimum Gasteiger partial charge on any atom is -0.395 e. The van der Waals surface area contributed by atoms with Gasteiger partial charge < -0.3 is 5.11 Å². The second-order valence-corrected chi connectivity index (χ2v) is 4.60. The first kappa shape index (κ1) is 11.3. The number of β-amino-alcohol motifs (C(OH)–C–C–N with tert-alkyl or cyclic N) is 1. The van der Waals surface area contributed by atoms with Crippen LogP contribution in [-0.4, -0.2) is 47.8 Å². The van der Waals surface area contributed by atoms with Gasteiger partial charge in [0.2, 0.25) is 5.78 Å². The molecule has 0 saturated carbocycles. The summed E-state index contributed by atoms with van der Waals surface area (Å²) >= 11 is 0. The highest BCUT2D eigenvalue weighted by atomic mass is 16.3. The summed E-state index contributed by atoms with van der Waals surface area (Å²) < 4.78 is 0. The molecule has 1 fully saturated rings. The normalized spacial score (nSPS) is 26.4. The molecule has 80 valence electrons. The van der Waals surface area contributed by atoms with Crippen LogP contribution < -0.4 is 0 Å². The molecular weight excluding hydrogens is 182 g/mol. The van der Waals surface area contributed by atoms with Crippen LogP contribution in [-0.2, 0) is 9.59 Å². The van der Waals surface area contributed by atoms with Crippen LogP contribution in [0.3, 0.4) is 0 Å². The van der Waals surface area contributed by atoms with E-state index in [0.717, 1.165) is 6.54 Å². The molecule has 0 aromatic carbocycles. The molecule has 0 aromatic heterocycles. The number of carbonyl (C=O) groups is 2. The van der Waals surface area contributed by atoms with Gasteiger partial charge >= 0.3 is 0 Å². The van der Waals surface area contributed by atoms with E-state index in [9.17, 15) is 9.59 Å². The molecule has 1 aliphatic heterocycles. The van der Waals surface area contributed by atoms with Crippen molar-refractivity contribution in [1.29, 1.82) is 0 Å². The van der Waals surface area contributed by atoms with Crippen LogP contribution in [0.1, 0.15) is 20.3 Å². The molecule has 4 nitrogen and oxygen atoms in total. The molecule has 0 amide bonds. The molecule has 0 aromatic rings. The summed E-state index contributed by atoms with van der Waals surface area (Å²) in [4.78, 5) is 23.6. The maximum absolute atomic E-state index is 11.3. The fraction of sp³-hybridized carbons (Fsp3) is 0.800. The molecule has 1 rings (SSSR count). The van der Waals surface area contributed by atoms with Gasteiger partial charge in [-0.25, -0.2) is 0 Å². The SMILES string of the molecule is CC1(C)CC(C(=O)C=O)N(CCO)C1. The third kappa shape index (κ3) is 2.39. The van der Waals surface area contributed by atoms with Gasteiger partial charge in [0.1, 0.15) is 0 Å². The number of Topliss-reactive ketones (excluding diaryl/α,β-unsaturated/α-hetero) is 1. The number of hydrogen-bond donors (Lipinski definition) is 1. The lowest BCUT2D eigenvalue weighted by Crippen LogP contribution is -2.38. The van der Waals surface area contributed by atoms with Crippen LogP contribution in [0.25, 0.3) is 0 Å². The number of rotatable bonds is 4. The Morgan fingerprint density at radius 3 is 2.79 bits per heavy atom. The number of carbonyl (C=O) groups excluding carboxylic acids is 2. The third-order valence-electron chi connectivity index (χ3n) is 2.65. The second-order valence-electron chi connectivity index (χ2n) is 4.60. The Bertz CT molecular complexity index is 238. The predicted octanol–water partition coefficient (Wildman–Crippen LogP) is -0.153. The number of ketones is 1. The number of likely N-dealkylation sites (tertiary alicyclic amines) is 1. The Hall–Kier alpha value is -0.740. The Labute approximate surface area is 83.9 Å². The van der Waals surface area contributed by atoms with Crippen molar-refractivity contribution < 1.29 is 14.7 Å². The summed E-state index contributed by atoms with van der Waals surface area (Å²) in [5, 5.41) is 8.83. The number of aldehydes is 1. The van der Waals surface area contributed by atoms with Crippen molar-refractivity contribution in [3.63, 3.8) is 0 Å². The monoisotopic (exact) mass is 199 g/mol. The van der Waals surface area contributed by atoms with Crippen LogP contribution in [0.5, 0.6) is 0 Å². The highest BCUT2D eigenvalue weighted by molar-refractivity contribution is 6.27. The van der Waals surface area contributed by atoms with Crippen LogP contribution in [0.4, 0.5) is 0 Å². The van der Waals surface area contributed by atoms with Gasteiger partial charge in [-0.3, -0.25) is 14.5 Å². The molecule has 0 spiro atoms. The van der Waals surface area contributed by atoms with Crippen molar-refractivity contribution in [3.05, 3.63) is 0 Å². The first-order chi connectivity index (χ1) is 6.50. The largest absolute Gasteiger partial charge is 0.395 e. The van der Waals surface area contributed by atoms with E-state index in [-0.39, 0.29) is 23.8 Å². The quantitative estimate of drug-likeness (QED) is 0.505. The van der Waals surface area contributed by atoms with E-state index < -0.39 is 0 Å². The van der Waals surface area contributed by atoms with Crippen molar-refractivity contribution in [2.24, 2.45) is 5.41 Å². The van der Waals surface area contributed by atoms with E-state index in [4.69, 9.17) is 5.11 Å². The highest BCUT2D eigenvalue weighted by Crippen LogP contribution is 2.33. The van der Waals surface area contributed by atoms with E-state index in [1.54, 1.807) is 0 Å². The van der Waals surface area contributed by atoms with E-state index in [1.807, 2.05) is 4.90 Å². The zero-order valence-electron chi connectivity index (χ0n) is 8.69. The average Bonchev–Trinajstić information content (AvgIpc) is 2.41. The standard InChI is InChI=1S/C10H17NO3/c1-10(2)5-8(9(14)6-13)11(7-10)3-4-12/h6,8,12H,3-5,7H2,1-2H3. The Balaban J connectivity index is 2.71. The van der Waals surface area contributed by atoms with Gasteiger partial charge in [-0.15, -0.1) is 0 Å². The molecule has 1 unspecified atom stereocenters. The lowest BCUT2D eigenvalue weighted by molar-refractivity contribution is -0.132. The average molecular weight is 199 g/mol. The van der Waals surface area contributed by atoms with Gasteiger partial charge in [0, 0.05) is 13.1 Å². The van der Waals surface area contributed by atoms with E-state index in [0.29, 0.717) is 19.3 Å². The first-order valence-corrected chi connectivity index (χ1v) is 4.84. The molecule has 1 heterocycles. The lowest BCUT2D eigenvalue weighted by atomic mass is 9.90. The zero-order valence-corrected chi connectivity index (χ0v) is 8.69. The van der Waals surface area contributed by atoms with Crippen molar-refractivity contribution in [1.82, 2.24) is 4.90 Å². The molecule has 1 saturated heterocycles. The van der Waals surface area contributed by atoms with Gasteiger partial charge in [0.15, 0.2) is 6.29 Å². The molecule has 1 atom stereocenters. The molecule has 14 heavy (non-hydrogen) atoms. The van der Waals surface area contributed by atoms with Crippen molar-refractivity contribution in [3.8, 4) is 0 Å². The van der Waals surface area contributed by atoms with Gasteiger partial charge in [-0.2, -0.15) is 0 Å². The Morgan fingerprint density at radius 1 is 1.64 bits per heavy atom. The molecule has 0 aliphatic carbocycles. The summed E-state index contributed by atoms with van der Waals surface area (Å²) in [7, 11) is 0. The molecular formula is C10H17NO3. The van der Waals surface area contributed by atoms with Crippen molar-refractivity contribution in [2.75, 3.05) is 19.7 Å². The fourth-order valence-electron chi connectivity index (χ4n) is 2.10. The number of nitrogens with zero attached hydrogens (tertiary/aromatic N) is 1. The number of hydrogen-bond acceptors (Lipinski definition) is 4. The van der Waals surface area contributed by atoms with Crippen LogP contribution in [0, 0.1) is 5.41 Å². The summed E-state index contributed by atoms with van der Waals surface area (Å²) in [6.45, 7) is 5.38. The Morgan fingerprint density at radius 2 is 2.29 bits per heavy atom. The first-order valence-electron chi connectivity index (χ1n) is 4.84. The summed E-state index contributed by atoms with van der Waals surface area (Å²) in [6.07, 6.45) is 1.08. The summed E-state index contributed by atoms with van der Waals surface area (Å²) in [5.74, 6) is -0.371. The highest BCUT2D eigenvalue weighted by Gasteiger charge is 2.40. The number of aliphatic hydroxyl groups is 1. The van der Waals surface area contributed by atoms with E-state index in [1.165, 1.54) is 0 Å². The zero-order chi connectivity index (χ0) is 10.8. The predicted molar refractivity (Wildman–Crippen MR) is 51.9 cm³/mol. The lowest BCUT2D eigenvalue weighted by Gasteiger charge is -2.20.